The highest BCUT2D eigenvalue weighted by atomic mass is 28.3. The summed E-state index contributed by atoms with van der Waals surface area (Å²) in [7, 11) is -1.10. The Kier molecular flexibility index (Phi) is 7.77. The van der Waals surface area contributed by atoms with Crippen LogP contribution in [-0.2, 0) is 4.74 Å². The lowest BCUT2D eigenvalue weighted by Gasteiger charge is -2.14. The van der Waals surface area contributed by atoms with E-state index in [-0.39, 0.29) is 0 Å². The van der Waals surface area contributed by atoms with Crippen molar-refractivity contribution in [1.29, 1.82) is 5.41 Å². The summed E-state index contributed by atoms with van der Waals surface area (Å²) in [6.45, 7) is 8.01. The highest BCUT2D eigenvalue weighted by molar-refractivity contribution is 6.76. The van der Waals surface area contributed by atoms with Gasteiger partial charge in [-0.2, -0.15) is 0 Å². The quantitative estimate of drug-likeness (QED) is 0.231. The fraction of sp³-hybridized carbons (Fsp3) is 0.333. The smallest absolute Gasteiger partial charge is 0.137 e. The predicted molar refractivity (Wildman–Crippen MR) is 121 cm³/mol. The van der Waals surface area contributed by atoms with Gasteiger partial charge in [0.25, 0.3) is 0 Å². The Morgan fingerprint density at radius 3 is 2.32 bits per heavy atom. The number of nitrogens with two attached hydrogens (primary N) is 2. The van der Waals surface area contributed by atoms with Gasteiger partial charge in [0.1, 0.15) is 18.2 Å². The first-order chi connectivity index (χ1) is 13.3. The lowest BCUT2D eigenvalue weighted by Crippen LogP contribution is -2.21. The van der Waals surface area contributed by atoms with E-state index in [2.05, 4.69) is 24.6 Å². The summed E-state index contributed by atoms with van der Waals surface area (Å²) in [5.74, 6) is 1.32. The second-order valence-electron chi connectivity index (χ2n) is 7.78. The molecule has 7 heteroatoms. The molecule has 6 nitrogen and oxygen atoms in total. The lowest BCUT2D eigenvalue weighted by atomic mass is 10.1. The Bertz CT molecular complexity index is 814. The number of aliphatic imine (C=N–C) groups is 1. The Morgan fingerprint density at radius 2 is 1.71 bits per heavy atom. The van der Waals surface area contributed by atoms with Crippen LogP contribution in [-0.4, -0.2) is 33.3 Å². The average molecular weight is 399 g/mol. The summed E-state index contributed by atoms with van der Waals surface area (Å²) in [6.07, 6.45) is 1.81. The molecule has 0 aliphatic heterocycles. The first-order valence-corrected chi connectivity index (χ1v) is 13.0. The molecule has 0 radical (unpaired) electrons. The van der Waals surface area contributed by atoms with Gasteiger partial charge in [0.2, 0.25) is 0 Å². The van der Waals surface area contributed by atoms with Crippen LogP contribution < -0.4 is 16.2 Å². The van der Waals surface area contributed by atoms with E-state index in [1.807, 2.05) is 24.3 Å². The number of nitrogen functional groups attached to an aromatic ring is 2. The predicted octanol–water partition coefficient (Wildman–Crippen LogP) is 4.78. The topological polar surface area (TPSA) is 107 Å². The summed E-state index contributed by atoms with van der Waals surface area (Å²) in [5, 5.41) is 7.42. The number of ether oxygens (including phenoxy) is 2. The van der Waals surface area contributed by atoms with E-state index in [0.717, 1.165) is 23.9 Å². The molecule has 0 saturated heterocycles. The zero-order valence-electron chi connectivity index (χ0n) is 16.9. The first kappa shape index (κ1) is 21.7. The minimum atomic E-state index is -1.10. The zero-order chi connectivity index (χ0) is 20.6. The van der Waals surface area contributed by atoms with Crippen LogP contribution in [0.3, 0.4) is 0 Å². The van der Waals surface area contributed by atoms with Crippen LogP contribution in [0.15, 0.2) is 47.5 Å². The van der Waals surface area contributed by atoms with Crippen LogP contribution in [0, 0.1) is 5.41 Å². The fourth-order valence-corrected chi connectivity index (χ4v) is 3.16. The molecule has 2 rings (SSSR count). The molecule has 150 valence electrons. The highest BCUT2D eigenvalue weighted by Gasteiger charge is 2.12. The molecular weight excluding hydrogens is 368 g/mol. The number of nitrogens with one attached hydrogen (secondary N) is 1. The summed E-state index contributed by atoms with van der Waals surface area (Å²) >= 11 is 0. The normalized spacial score (nSPS) is 12.0. The number of hydrogen-bond donors (Lipinski definition) is 3. The summed E-state index contributed by atoms with van der Waals surface area (Å²) < 4.78 is 11.5. The van der Waals surface area contributed by atoms with Crippen LogP contribution in [0.4, 0.5) is 11.4 Å². The van der Waals surface area contributed by atoms with Gasteiger partial charge in [-0.3, -0.25) is 4.99 Å². The van der Waals surface area contributed by atoms with Crippen molar-refractivity contribution in [3.63, 3.8) is 0 Å². The van der Waals surface area contributed by atoms with E-state index in [4.69, 9.17) is 26.4 Å². The maximum absolute atomic E-state index is 7.42. The molecule has 0 atom stereocenters. The highest BCUT2D eigenvalue weighted by Crippen LogP contribution is 2.26. The van der Waals surface area contributed by atoms with Gasteiger partial charge in [0.05, 0.1) is 17.1 Å². The molecule has 0 aliphatic rings. The van der Waals surface area contributed by atoms with E-state index in [1.165, 1.54) is 6.21 Å². The van der Waals surface area contributed by atoms with Crippen molar-refractivity contribution in [2.75, 3.05) is 24.8 Å². The number of benzene rings is 2. The molecule has 2 aromatic carbocycles. The standard InChI is InChI=1S/C21H30N4O2Si/c1-28(2,3)13-12-26-15-25-21(10-11-22)16-4-6-17(7-5-16)27-18-8-9-19(23)20(24)14-18/h4-9,11,14,22H,10,12-13,15,23-24H2,1-3H3. The van der Waals surface area contributed by atoms with Crippen molar-refractivity contribution < 1.29 is 9.47 Å². The van der Waals surface area contributed by atoms with Gasteiger partial charge in [-0.1, -0.05) is 19.6 Å². The van der Waals surface area contributed by atoms with Gasteiger partial charge in [-0.15, -0.1) is 0 Å². The van der Waals surface area contributed by atoms with Gasteiger partial charge >= 0.3 is 0 Å². The third-order valence-electron chi connectivity index (χ3n) is 4.12. The van der Waals surface area contributed by atoms with Crippen LogP contribution in [0.1, 0.15) is 12.0 Å². The number of anilines is 2. The minimum Gasteiger partial charge on any atom is -0.457 e. The van der Waals surface area contributed by atoms with E-state index in [0.29, 0.717) is 36.0 Å². The molecule has 0 fully saturated rings. The molecule has 0 spiro atoms. The van der Waals surface area contributed by atoms with Crippen LogP contribution in [0.25, 0.3) is 0 Å². The Morgan fingerprint density at radius 1 is 1.04 bits per heavy atom. The SMILES string of the molecule is C[Si](C)(C)CCOCN=C(CC=N)c1ccc(Oc2ccc(N)c(N)c2)cc1. The van der Waals surface area contributed by atoms with E-state index in [9.17, 15) is 0 Å². The van der Waals surface area contributed by atoms with Crippen molar-refractivity contribution in [2.45, 2.75) is 32.1 Å². The molecular formula is C21H30N4O2Si. The van der Waals surface area contributed by atoms with Crippen LogP contribution >= 0.6 is 0 Å². The molecule has 0 unspecified atom stereocenters. The van der Waals surface area contributed by atoms with Crippen molar-refractivity contribution in [1.82, 2.24) is 0 Å². The molecule has 0 bridgehead atoms. The summed E-state index contributed by atoms with van der Waals surface area (Å²) in [4.78, 5) is 4.53. The van der Waals surface area contributed by atoms with Crippen molar-refractivity contribution >= 4 is 31.4 Å². The Balaban J connectivity index is 1.99. The maximum atomic E-state index is 7.42. The molecule has 2 aromatic rings. The van der Waals surface area contributed by atoms with Crippen molar-refractivity contribution in [3.8, 4) is 11.5 Å². The van der Waals surface area contributed by atoms with E-state index in [1.54, 1.807) is 18.2 Å². The number of nitrogens with zero attached hydrogens (tertiary/aromatic N) is 1. The Labute approximate surface area is 168 Å². The van der Waals surface area contributed by atoms with Crippen LogP contribution in [0.2, 0.25) is 25.7 Å². The molecule has 0 aliphatic carbocycles. The van der Waals surface area contributed by atoms with Gasteiger partial charge < -0.3 is 26.4 Å². The fourth-order valence-electron chi connectivity index (χ4n) is 2.40. The maximum Gasteiger partial charge on any atom is 0.137 e. The molecule has 28 heavy (non-hydrogen) atoms. The molecule has 5 N–H and O–H groups in total. The van der Waals surface area contributed by atoms with Gasteiger partial charge in [0, 0.05) is 33.4 Å². The zero-order valence-corrected chi connectivity index (χ0v) is 17.9. The van der Waals surface area contributed by atoms with E-state index < -0.39 is 8.07 Å². The summed E-state index contributed by atoms with van der Waals surface area (Å²) in [6, 6.07) is 13.9. The molecule has 0 saturated carbocycles. The Hall–Kier alpha value is -2.64. The summed E-state index contributed by atoms with van der Waals surface area (Å²) in [5.41, 5.74) is 14.3. The van der Waals surface area contributed by atoms with Gasteiger partial charge in [-0.05, 0) is 48.0 Å². The molecule has 0 aromatic heterocycles. The molecule has 0 amide bonds. The van der Waals surface area contributed by atoms with Crippen molar-refractivity contribution in [3.05, 3.63) is 48.0 Å². The third kappa shape index (κ3) is 7.17. The largest absolute Gasteiger partial charge is 0.457 e. The second-order valence-corrected chi connectivity index (χ2v) is 13.4. The number of rotatable bonds is 10. The van der Waals surface area contributed by atoms with Crippen LogP contribution in [0.5, 0.6) is 11.5 Å². The molecule has 0 heterocycles. The monoisotopic (exact) mass is 398 g/mol. The van der Waals surface area contributed by atoms with Gasteiger partial charge in [-0.25, -0.2) is 0 Å². The number of hydrogen-bond acceptors (Lipinski definition) is 6. The van der Waals surface area contributed by atoms with E-state index >= 15 is 0 Å². The average Bonchev–Trinajstić information content (AvgIpc) is 2.63. The third-order valence-corrected chi connectivity index (χ3v) is 5.82. The minimum absolute atomic E-state index is 0.316. The first-order valence-electron chi connectivity index (χ1n) is 9.32. The van der Waals surface area contributed by atoms with Crippen molar-refractivity contribution in [2.24, 2.45) is 4.99 Å². The second kappa shape index (κ2) is 10.1. The lowest BCUT2D eigenvalue weighted by molar-refractivity contribution is 0.155. The van der Waals surface area contributed by atoms with Gasteiger partial charge in [0.15, 0.2) is 0 Å².